The van der Waals surface area contributed by atoms with Crippen molar-refractivity contribution in [2.45, 2.75) is 6.42 Å². The topological polar surface area (TPSA) is 131 Å². The van der Waals surface area contributed by atoms with Gasteiger partial charge in [-0.2, -0.15) is 15.7 Å². The second-order valence-electron chi connectivity index (χ2n) is 5.50. The lowest BCUT2D eigenvalue weighted by molar-refractivity contribution is -0.118. The number of anilines is 1. The van der Waals surface area contributed by atoms with Crippen molar-refractivity contribution < 1.29 is 4.79 Å². The highest BCUT2D eigenvalue weighted by molar-refractivity contribution is 5.94. The molecule has 2 aromatic carbocycles. The standard InChI is InChI=1S/C18H13N7O/c19-10-13-3-1-12(2-4-13)9-15(11-20)18(26)21-16-7-5-14(6-8-16)17-22-24-25-23-17/h1-8,15H,9H2,(H,21,26)(H,22,23,24,25)/t15-/m0/s1. The number of H-pyrrole nitrogens is 1. The molecule has 126 valence electrons. The minimum atomic E-state index is -0.834. The molecule has 2 N–H and O–H groups in total. The molecule has 0 saturated heterocycles. The van der Waals surface area contributed by atoms with Crippen molar-refractivity contribution in [3.63, 3.8) is 0 Å². The maximum Gasteiger partial charge on any atom is 0.242 e. The number of aromatic nitrogens is 4. The number of nitrogens with one attached hydrogen (secondary N) is 2. The molecule has 0 radical (unpaired) electrons. The van der Waals surface area contributed by atoms with Crippen LogP contribution in [0.3, 0.4) is 0 Å². The van der Waals surface area contributed by atoms with Gasteiger partial charge in [-0.15, -0.1) is 10.2 Å². The van der Waals surface area contributed by atoms with E-state index < -0.39 is 5.92 Å². The Morgan fingerprint density at radius 1 is 1.12 bits per heavy atom. The maximum atomic E-state index is 12.4. The first-order chi connectivity index (χ1) is 12.7. The lowest BCUT2D eigenvalue weighted by Gasteiger charge is -2.11. The van der Waals surface area contributed by atoms with Crippen LogP contribution >= 0.6 is 0 Å². The fourth-order valence-electron chi connectivity index (χ4n) is 2.36. The number of nitriles is 2. The summed E-state index contributed by atoms with van der Waals surface area (Å²) in [6.07, 6.45) is 0.273. The van der Waals surface area contributed by atoms with Crippen molar-refractivity contribution in [1.29, 1.82) is 10.5 Å². The van der Waals surface area contributed by atoms with Gasteiger partial charge < -0.3 is 5.32 Å². The van der Waals surface area contributed by atoms with Crippen molar-refractivity contribution in [3.8, 4) is 23.5 Å². The molecule has 8 nitrogen and oxygen atoms in total. The van der Waals surface area contributed by atoms with Crippen LogP contribution in [0.4, 0.5) is 5.69 Å². The molecule has 0 unspecified atom stereocenters. The lowest BCUT2D eigenvalue weighted by Crippen LogP contribution is -2.23. The molecule has 0 saturated carbocycles. The molecular formula is C18H13N7O. The summed E-state index contributed by atoms with van der Waals surface area (Å²) in [6, 6.07) is 17.8. The summed E-state index contributed by atoms with van der Waals surface area (Å²) in [5, 5.41) is 34.5. The molecule has 1 atom stereocenters. The van der Waals surface area contributed by atoms with Gasteiger partial charge in [0, 0.05) is 11.3 Å². The molecule has 0 aliphatic carbocycles. The molecule has 3 aromatic rings. The van der Waals surface area contributed by atoms with E-state index in [-0.39, 0.29) is 12.3 Å². The first-order valence-electron chi connectivity index (χ1n) is 7.73. The summed E-state index contributed by atoms with van der Waals surface area (Å²) < 4.78 is 0. The monoisotopic (exact) mass is 343 g/mol. The number of rotatable bonds is 5. The van der Waals surface area contributed by atoms with Gasteiger partial charge in [-0.3, -0.25) is 4.79 Å². The van der Waals surface area contributed by atoms with Crippen LogP contribution in [0.1, 0.15) is 11.1 Å². The molecule has 0 spiro atoms. The lowest BCUT2D eigenvalue weighted by atomic mass is 9.99. The van der Waals surface area contributed by atoms with Crippen molar-refractivity contribution >= 4 is 11.6 Å². The summed E-state index contributed by atoms with van der Waals surface area (Å²) >= 11 is 0. The molecule has 0 bridgehead atoms. The number of nitrogens with zero attached hydrogens (tertiary/aromatic N) is 5. The second-order valence-corrected chi connectivity index (χ2v) is 5.50. The number of carbonyl (C=O) groups is 1. The van der Waals surface area contributed by atoms with Crippen LogP contribution in [0, 0.1) is 28.6 Å². The number of amides is 1. The third kappa shape index (κ3) is 3.89. The van der Waals surface area contributed by atoms with Crippen LogP contribution < -0.4 is 5.32 Å². The Balaban J connectivity index is 1.65. The van der Waals surface area contributed by atoms with Crippen molar-refractivity contribution in [3.05, 3.63) is 59.7 Å². The Morgan fingerprint density at radius 2 is 1.85 bits per heavy atom. The molecule has 3 rings (SSSR count). The zero-order valence-corrected chi connectivity index (χ0v) is 13.5. The maximum absolute atomic E-state index is 12.4. The van der Waals surface area contributed by atoms with Crippen LogP contribution in [0.15, 0.2) is 48.5 Å². The molecule has 1 aromatic heterocycles. The first kappa shape index (κ1) is 16.8. The highest BCUT2D eigenvalue weighted by atomic mass is 16.1. The largest absolute Gasteiger partial charge is 0.325 e. The Bertz CT molecular complexity index is 964. The number of hydrogen-bond donors (Lipinski definition) is 2. The van der Waals surface area contributed by atoms with Crippen molar-refractivity contribution in [1.82, 2.24) is 20.6 Å². The smallest absolute Gasteiger partial charge is 0.242 e. The fourth-order valence-corrected chi connectivity index (χ4v) is 2.36. The number of aromatic amines is 1. The van der Waals surface area contributed by atoms with E-state index in [0.29, 0.717) is 17.1 Å². The van der Waals surface area contributed by atoms with Gasteiger partial charge in [0.2, 0.25) is 11.7 Å². The van der Waals surface area contributed by atoms with E-state index in [9.17, 15) is 10.1 Å². The van der Waals surface area contributed by atoms with Crippen LogP contribution in [0.2, 0.25) is 0 Å². The Hall–Kier alpha value is -4.04. The third-order valence-corrected chi connectivity index (χ3v) is 3.75. The second kappa shape index (κ2) is 7.69. The predicted molar refractivity (Wildman–Crippen MR) is 92.2 cm³/mol. The Kier molecular flexibility index (Phi) is 4.97. The minimum absolute atomic E-state index is 0.273. The molecule has 1 heterocycles. The summed E-state index contributed by atoms with van der Waals surface area (Å²) in [5.74, 6) is -0.761. The quantitative estimate of drug-likeness (QED) is 0.729. The summed E-state index contributed by atoms with van der Waals surface area (Å²) in [7, 11) is 0. The van der Waals surface area contributed by atoms with Gasteiger partial charge in [0.15, 0.2) is 0 Å². The van der Waals surface area contributed by atoms with Crippen LogP contribution in [0.5, 0.6) is 0 Å². The van der Waals surface area contributed by atoms with Gasteiger partial charge in [0.05, 0.1) is 17.7 Å². The van der Waals surface area contributed by atoms with E-state index >= 15 is 0 Å². The van der Waals surface area contributed by atoms with Gasteiger partial charge >= 0.3 is 0 Å². The highest BCUT2D eigenvalue weighted by Gasteiger charge is 2.18. The third-order valence-electron chi connectivity index (χ3n) is 3.75. The fraction of sp³-hybridized carbons (Fsp3) is 0.111. The van der Waals surface area contributed by atoms with Crippen molar-refractivity contribution in [2.75, 3.05) is 5.32 Å². The predicted octanol–water partition coefficient (Wildman–Crippen LogP) is 2.06. The van der Waals surface area contributed by atoms with Crippen LogP contribution in [-0.2, 0) is 11.2 Å². The average molecular weight is 343 g/mol. The average Bonchev–Trinajstić information content (AvgIpc) is 3.22. The van der Waals surface area contributed by atoms with E-state index in [1.54, 1.807) is 48.5 Å². The minimum Gasteiger partial charge on any atom is -0.325 e. The number of benzene rings is 2. The van der Waals surface area contributed by atoms with E-state index in [2.05, 4.69) is 25.9 Å². The Labute approximate surface area is 149 Å². The number of hydrogen-bond acceptors (Lipinski definition) is 6. The zero-order chi connectivity index (χ0) is 18.4. The SMILES string of the molecule is N#Cc1ccc(C[C@@H](C#N)C(=O)Nc2ccc(-c3nn[nH]n3)cc2)cc1. The van der Waals surface area contributed by atoms with Crippen LogP contribution in [-0.4, -0.2) is 26.5 Å². The van der Waals surface area contributed by atoms with E-state index in [1.807, 2.05) is 12.1 Å². The first-order valence-corrected chi connectivity index (χ1v) is 7.73. The highest BCUT2D eigenvalue weighted by Crippen LogP contribution is 2.18. The normalized spacial score (nSPS) is 11.2. The summed E-state index contributed by atoms with van der Waals surface area (Å²) in [4.78, 5) is 12.4. The molecule has 0 fully saturated rings. The van der Waals surface area contributed by atoms with Crippen molar-refractivity contribution in [2.24, 2.45) is 5.92 Å². The summed E-state index contributed by atoms with van der Waals surface area (Å²) in [5.41, 5.74) is 2.68. The molecule has 1 amide bonds. The van der Waals surface area contributed by atoms with Gasteiger partial charge in [-0.1, -0.05) is 12.1 Å². The van der Waals surface area contributed by atoms with E-state index in [4.69, 9.17) is 5.26 Å². The number of tetrazole rings is 1. The van der Waals surface area contributed by atoms with E-state index in [1.165, 1.54) is 0 Å². The van der Waals surface area contributed by atoms with Gasteiger partial charge in [0.1, 0.15) is 5.92 Å². The zero-order valence-electron chi connectivity index (χ0n) is 13.5. The molecule has 0 aliphatic rings. The molecule has 8 heteroatoms. The number of carbonyl (C=O) groups excluding carboxylic acids is 1. The molecule has 26 heavy (non-hydrogen) atoms. The van der Waals surface area contributed by atoms with E-state index in [0.717, 1.165) is 11.1 Å². The Morgan fingerprint density at radius 3 is 2.42 bits per heavy atom. The van der Waals surface area contributed by atoms with Gasteiger partial charge in [0.25, 0.3) is 0 Å². The van der Waals surface area contributed by atoms with Gasteiger partial charge in [-0.25, -0.2) is 0 Å². The molecular weight excluding hydrogens is 330 g/mol. The van der Waals surface area contributed by atoms with Crippen LogP contribution in [0.25, 0.3) is 11.4 Å². The summed E-state index contributed by atoms with van der Waals surface area (Å²) in [6.45, 7) is 0. The van der Waals surface area contributed by atoms with Gasteiger partial charge in [-0.05, 0) is 53.6 Å². The molecule has 0 aliphatic heterocycles.